The highest BCUT2D eigenvalue weighted by atomic mass is 16.4. The SMILES string of the molecule is CC(C)Cc1cnc(NCCC(=O)O)nc1. The van der Waals surface area contributed by atoms with E-state index in [9.17, 15) is 4.79 Å². The van der Waals surface area contributed by atoms with E-state index >= 15 is 0 Å². The Balaban J connectivity index is 2.42. The summed E-state index contributed by atoms with van der Waals surface area (Å²) in [5.41, 5.74) is 1.10. The van der Waals surface area contributed by atoms with Crippen molar-refractivity contribution in [2.45, 2.75) is 26.7 Å². The molecule has 0 saturated carbocycles. The molecule has 0 aromatic carbocycles. The third-order valence-electron chi connectivity index (χ3n) is 1.97. The molecule has 0 aliphatic rings. The van der Waals surface area contributed by atoms with Crippen LogP contribution in [0.25, 0.3) is 0 Å². The van der Waals surface area contributed by atoms with Crippen LogP contribution in [0.15, 0.2) is 12.4 Å². The first kappa shape index (κ1) is 12.4. The molecule has 0 saturated heterocycles. The zero-order chi connectivity index (χ0) is 12.0. The van der Waals surface area contributed by atoms with E-state index in [4.69, 9.17) is 5.11 Å². The number of carboxylic acid groups (broad SMARTS) is 1. The molecule has 0 radical (unpaired) electrons. The standard InChI is InChI=1S/C11H17N3O2/c1-8(2)5-9-6-13-11(14-7-9)12-4-3-10(15)16/h6-8H,3-5H2,1-2H3,(H,15,16)(H,12,13,14). The van der Waals surface area contributed by atoms with Crippen molar-refractivity contribution in [1.82, 2.24) is 9.97 Å². The van der Waals surface area contributed by atoms with Crippen molar-refractivity contribution in [3.8, 4) is 0 Å². The third kappa shape index (κ3) is 4.72. The monoisotopic (exact) mass is 223 g/mol. The first-order valence-electron chi connectivity index (χ1n) is 5.34. The van der Waals surface area contributed by atoms with Crippen LogP contribution in [-0.4, -0.2) is 27.6 Å². The fourth-order valence-corrected chi connectivity index (χ4v) is 1.30. The zero-order valence-corrected chi connectivity index (χ0v) is 9.60. The van der Waals surface area contributed by atoms with Crippen LogP contribution in [0.3, 0.4) is 0 Å². The fraction of sp³-hybridized carbons (Fsp3) is 0.545. The summed E-state index contributed by atoms with van der Waals surface area (Å²) in [6.45, 7) is 4.62. The maximum Gasteiger partial charge on any atom is 0.305 e. The minimum Gasteiger partial charge on any atom is -0.481 e. The molecule has 16 heavy (non-hydrogen) atoms. The van der Waals surface area contributed by atoms with Gasteiger partial charge in [0.15, 0.2) is 0 Å². The predicted octanol–water partition coefficient (Wildman–Crippen LogP) is 1.56. The fourth-order valence-electron chi connectivity index (χ4n) is 1.30. The summed E-state index contributed by atoms with van der Waals surface area (Å²) in [4.78, 5) is 18.5. The molecule has 0 spiro atoms. The van der Waals surface area contributed by atoms with Crippen LogP contribution in [0.2, 0.25) is 0 Å². The number of rotatable bonds is 6. The lowest BCUT2D eigenvalue weighted by Gasteiger charge is -2.05. The average molecular weight is 223 g/mol. The van der Waals surface area contributed by atoms with Crippen molar-refractivity contribution in [1.29, 1.82) is 0 Å². The first-order valence-corrected chi connectivity index (χ1v) is 5.34. The third-order valence-corrected chi connectivity index (χ3v) is 1.97. The van der Waals surface area contributed by atoms with Crippen LogP contribution < -0.4 is 5.32 Å². The minimum atomic E-state index is -0.830. The number of anilines is 1. The van der Waals surface area contributed by atoms with Crippen molar-refractivity contribution in [2.75, 3.05) is 11.9 Å². The lowest BCUT2D eigenvalue weighted by molar-refractivity contribution is -0.136. The van der Waals surface area contributed by atoms with Crippen LogP contribution in [0.5, 0.6) is 0 Å². The summed E-state index contributed by atoms with van der Waals surface area (Å²) in [5, 5.41) is 11.3. The van der Waals surface area contributed by atoms with Crippen molar-refractivity contribution in [3.05, 3.63) is 18.0 Å². The Morgan fingerprint density at radius 2 is 2.06 bits per heavy atom. The van der Waals surface area contributed by atoms with E-state index in [0.29, 0.717) is 18.4 Å². The van der Waals surface area contributed by atoms with E-state index < -0.39 is 5.97 Å². The summed E-state index contributed by atoms with van der Waals surface area (Å²) in [6.07, 6.45) is 4.57. The number of nitrogens with zero attached hydrogens (tertiary/aromatic N) is 2. The molecule has 0 amide bonds. The molecule has 1 rings (SSSR count). The molecule has 0 fully saturated rings. The van der Waals surface area contributed by atoms with Crippen molar-refractivity contribution in [2.24, 2.45) is 5.92 Å². The topological polar surface area (TPSA) is 75.1 Å². The molecule has 0 aliphatic carbocycles. The Morgan fingerprint density at radius 1 is 1.44 bits per heavy atom. The smallest absolute Gasteiger partial charge is 0.305 e. The maximum atomic E-state index is 10.3. The second-order valence-corrected chi connectivity index (χ2v) is 4.08. The molecule has 88 valence electrons. The molecular formula is C11H17N3O2. The van der Waals surface area contributed by atoms with Crippen LogP contribution in [0, 0.1) is 5.92 Å². The Kier molecular flexibility index (Phi) is 4.69. The van der Waals surface area contributed by atoms with Gasteiger partial charge in [0, 0.05) is 18.9 Å². The summed E-state index contributed by atoms with van der Waals surface area (Å²) in [5.74, 6) is 0.229. The molecule has 0 unspecified atom stereocenters. The Hall–Kier alpha value is -1.65. The Morgan fingerprint density at radius 3 is 2.56 bits per heavy atom. The zero-order valence-electron chi connectivity index (χ0n) is 9.60. The minimum absolute atomic E-state index is 0.0666. The highest BCUT2D eigenvalue weighted by Gasteiger charge is 2.01. The largest absolute Gasteiger partial charge is 0.481 e. The van der Waals surface area contributed by atoms with Crippen LogP contribution in [-0.2, 0) is 11.2 Å². The molecule has 5 heteroatoms. The molecule has 0 bridgehead atoms. The van der Waals surface area contributed by atoms with E-state index in [1.54, 1.807) is 12.4 Å². The quantitative estimate of drug-likeness (QED) is 0.765. The number of hydrogen-bond acceptors (Lipinski definition) is 4. The molecule has 0 atom stereocenters. The van der Waals surface area contributed by atoms with Crippen molar-refractivity contribution in [3.63, 3.8) is 0 Å². The lowest BCUT2D eigenvalue weighted by Crippen LogP contribution is -2.10. The van der Waals surface area contributed by atoms with Gasteiger partial charge in [0.25, 0.3) is 0 Å². The number of aliphatic carboxylic acids is 1. The van der Waals surface area contributed by atoms with Crippen molar-refractivity contribution >= 4 is 11.9 Å². The van der Waals surface area contributed by atoms with Gasteiger partial charge in [-0.2, -0.15) is 0 Å². The van der Waals surface area contributed by atoms with Gasteiger partial charge in [0.2, 0.25) is 5.95 Å². The van der Waals surface area contributed by atoms with E-state index in [1.165, 1.54) is 0 Å². The van der Waals surface area contributed by atoms with E-state index in [-0.39, 0.29) is 6.42 Å². The van der Waals surface area contributed by atoms with Gasteiger partial charge in [0.1, 0.15) is 0 Å². The number of nitrogens with one attached hydrogen (secondary N) is 1. The van der Waals surface area contributed by atoms with E-state index in [0.717, 1.165) is 12.0 Å². The normalized spacial score (nSPS) is 10.4. The number of hydrogen-bond donors (Lipinski definition) is 2. The Bertz CT molecular complexity index is 336. The highest BCUT2D eigenvalue weighted by molar-refractivity contribution is 5.67. The number of aromatic nitrogens is 2. The molecule has 5 nitrogen and oxygen atoms in total. The molecular weight excluding hydrogens is 206 g/mol. The van der Waals surface area contributed by atoms with Gasteiger partial charge in [0.05, 0.1) is 6.42 Å². The maximum absolute atomic E-state index is 10.3. The van der Waals surface area contributed by atoms with Gasteiger partial charge in [-0.15, -0.1) is 0 Å². The van der Waals surface area contributed by atoms with Gasteiger partial charge in [-0.25, -0.2) is 9.97 Å². The molecule has 1 aromatic rings. The second-order valence-electron chi connectivity index (χ2n) is 4.08. The Labute approximate surface area is 94.9 Å². The van der Waals surface area contributed by atoms with Gasteiger partial charge < -0.3 is 10.4 Å². The van der Waals surface area contributed by atoms with Crippen LogP contribution in [0.1, 0.15) is 25.8 Å². The molecule has 0 aliphatic heterocycles. The van der Waals surface area contributed by atoms with Gasteiger partial charge in [-0.05, 0) is 17.9 Å². The van der Waals surface area contributed by atoms with Gasteiger partial charge in [-0.1, -0.05) is 13.8 Å². The van der Waals surface area contributed by atoms with E-state index in [1.807, 2.05) is 0 Å². The van der Waals surface area contributed by atoms with Crippen LogP contribution >= 0.6 is 0 Å². The summed E-state index contributed by atoms with van der Waals surface area (Å²) < 4.78 is 0. The summed E-state index contributed by atoms with van der Waals surface area (Å²) in [6, 6.07) is 0. The summed E-state index contributed by atoms with van der Waals surface area (Å²) in [7, 11) is 0. The number of carboxylic acids is 1. The van der Waals surface area contributed by atoms with Crippen LogP contribution in [0.4, 0.5) is 5.95 Å². The molecule has 1 heterocycles. The molecule has 1 aromatic heterocycles. The highest BCUT2D eigenvalue weighted by Crippen LogP contribution is 2.06. The predicted molar refractivity (Wildman–Crippen MR) is 61.3 cm³/mol. The van der Waals surface area contributed by atoms with E-state index in [2.05, 4.69) is 29.1 Å². The summed E-state index contributed by atoms with van der Waals surface area (Å²) >= 11 is 0. The first-order chi connectivity index (χ1) is 7.58. The van der Waals surface area contributed by atoms with Gasteiger partial charge >= 0.3 is 5.97 Å². The van der Waals surface area contributed by atoms with Crippen molar-refractivity contribution < 1.29 is 9.90 Å². The lowest BCUT2D eigenvalue weighted by atomic mass is 10.1. The van der Waals surface area contributed by atoms with Gasteiger partial charge in [-0.3, -0.25) is 4.79 Å². The average Bonchev–Trinajstić information content (AvgIpc) is 2.19. The number of carbonyl (C=O) groups is 1. The molecule has 2 N–H and O–H groups in total. The second kappa shape index (κ2) is 6.05.